The van der Waals surface area contributed by atoms with E-state index < -0.39 is 6.10 Å². The summed E-state index contributed by atoms with van der Waals surface area (Å²) in [7, 11) is 0. The number of benzene rings is 1. The second-order valence-corrected chi connectivity index (χ2v) is 6.15. The molecule has 1 saturated carbocycles. The summed E-state index contributed by atoms with van der Waals surface area (Å²) in [4.78, 5) is 0. The van der Waals surface area contributed by atoms with Gasteiger partial charge in [0.25, 0.3) is 0 Å². The van der Waals surface area contributed by atoms with Crippen molar-refractivity contribution >= 4 is 11.6 Å². The number of hydrogen-bond acceptors (Lipinski definition) is 2. The fourth-order valence-corrected chi connectivity index (χ4v) is 3.32. The molecule has 0 amide bonds. The molecule has 112 valence electrons. The van der Waals surface area contributed by atoms with Crippen LogP contribution in [0, 0.1) is 5.92 Å². The van der Waals surface area contributed by atoms with Crippen LogP contribution in [0.3, 0.4) is 0 Å². The molecule has 3 heteroatoms. The fourth-order valence-electron chi connectivity index (χ4n) is 3.19. The maximum atomic E-state index is 10.6. The third-order valence-corrected chi connectivity index (χ3v) is 4.46. The van der Waals surface area contributed by atoms with Gasteiger partial charge in [-0.2, -0.15) is 0 Å². The van der Waals surface area contributed by atoms with Crippen molar-refractivity contribution in [3.8, 4) is 0 Å². The summed E-state index contributed by atoms with van der Waals surface area (Å²) in [5.74, 6) is 0.506. The molecule has 0 saturated heterocycles. The Morgan fingerprint density at radius 3 is 2.45 bits per heavy atom. The van der Waals surface area contributed by atoms with Gasteiger partial charge in [0.1, 0.15) is 0 Å². The monoisotopic (exact) mass is 296 g/mol. The first-order valence-electron chi connectivity index (χ1n) is 7.74. The first kappa shape index (κ1) is 15.8. The molecule has 0 aliphatic heterocycles. The molecule has 1 aromatic carbocycles. The van der Waals surface area contributed by atoms with Crippen molar-refractivity contribution < 1.29 is 9.84 Å². The van der Waals surface area contributed by atoms with Crippen molar-refractivity contribution in [1.82, 2.24) is 0 Å². The molecule has 0 spiro atoms. The first-order chi connectivity index (χ1) is 9.70. The molecule has 2 unspecified atom stereocenters. The summed E-state index contributed by atoms with van der Waals surface area (Å²) in [6.07, 6.45) is 6.39. The van der Waals surface area contributed by atoms with Gasteiger partial charge in [0, 0.05) is 18.1 Å². The summed E-state index contributed by atoms with van der Waals surface area (Å²) in [6.45, 7) is 2.67. The van der Waals surface area contributed by atoms with Gasteiger partial charge in [0.15, 0.2) is 0 Å². The van der Waals surface area contributed by atoms with Crippen molar-refractivity contribution in [3.63, 3.8) is 0 Å². The molecule has 1 fully saturated rings. The molecule has 20 heavy (non-hydrogen) atoms. The zero-order valence-electron chi connectivity index (χ0n) is 12.2. The van der Waals surface area contributed by atoms with Crippen LogP contribution in [0.1, 0.15) is 44.6 Å². The lowest BCUT2D eigenvalue weighted by atomic mass is 9.82. The molecule has 1 aliphatic carbocycles. The molecule has 1 aliphatic rings. The molecule has 1 N–H and O–H groups in total. The van der Waals surface area contributed by atoms with Crippen molar-refractivity contribution in [3.05, 3.63) is 34.9 Å². The molecule has 0 bridgehead atoms. The average Bonchev–Trinajstić information content (AvgIpc) is 2.48. The highest BCUT2D eigenvalue weighted by Crippen LogP contribution is 2.30. The van der Waals surface area contributed by atoms with Crippen molar-refractivity contribution in [1.29, 1.82) is 0 Å². The number of rotatable bonds is 6. The van der Waals surface area contributed by atoms with Gasteiger partial charge in [-0.25, -0.2) is 0 Å². The Morgan fingerprint density at radius 2 is 1.85 bits per heavy atom. The van der Waals surface area contributed by atoms with Gasteiger partial charge < -0.3 is 9.84 Å². The lowest BCUT2D eigenvalue weighted by Gasteiger charge is -2.33. The lowest BCUT2D eigenvalue weighted by molar-refractivity contribution is -0.0715. The number of halogens is 1. The Balaban J connectivity index is 1.98. The number of aliphatic hydroxyl groups excluding tert-OH is 1. The minimum Gasteiger partial charge on any atom is -0.390 e. The molecule has 2 rings (SSSR count). The van der Waals surface area contributed by atoms with Crippen LogP contribution >= 0.6 is 11.6 Å². The molecule has 0 heterocycles. The van der Waals surface area contributed by atoms with Crippen LogP contribution in [-0.4, -0.2) is 23.9 Å². The van der Waals surface area contributed by atoms with Crippen LogP contribution in [-0.2, 0) is 11.2 Å². The van der Waals surface area contributed by atoms with Gasteiger partial charge in [-0.3, -0.25) is 0 Å². The summed E-state index contributed by atoms with van der Waals surface area (Å²) in [5.41, 5.74) is 1.11. The molecule has 0 aromatic heterocycles. The van der Waals surface area contributed by atoms with Gasteiger partial charge in [0.2, 0.25) is 0 Å². The highest BCUT2D eigenvalue weighted by molar-refractivity contribution is 6.30. The smallest absolute Gasteiger partial charge is 0.0865 e. The number of aliphatic hydroxyl groups is 1. The van der Waals surface area contributed by atoms with Crippen molar-refractivity contribution in [2.45, 2.75) is 57.7 Å². The van der Waals surface area contributed by atoms with Crippen LogP contribution < -0.4 is 0 Å². The Hall–Kier alpha value is -0.570. The van der Waals surface area contributed by atoms with E-state index in [0.29, 0.717) is 18.9 Å². The zero-order valence-corrected chi connectivity index (χ0v) is 13.0. The van der Waals surface area contributed by atoms with Gasteiger partial charge in [-0.05, 0) is 43.4 Å². The van der Waals surface area contributed by atoms with Crippen LogP contribution in [0.4, 0.5) is 0 Å². The quantitative estimate of drug-likeness (QED) is 0.851. The van der Waals surface area contributed by atoms with E-state index >= 15 is 0 Å². The second-order valence-electron chi connectivity index (χ2n) is 5.72. The van der Waals surface area contributed by atoms with Crippen molar-refractivity contribution in [2.24, 2.45) is 5.92 Å². The summed E-state index contributed by atoms with van der Waals surface area (Å²) >= 11 is 5.90. The van der Waals surface area contributed by atoms with E-state index in [2.05, 4.69) is 0 Å². The van der Waals surface area contributed by atoms with Gasteiger partial charge in [-0.1, -0.05) is 43.0 Å². The average molecular weight is 297 g/mol. The van der Waals surface area contributed by atoms with E-state index in [4.69, 9.17) is 16.3 Å². The van der Waals surface area contributed by atoms with E-state index in [1.165, 1.54) is 32.1 Å². The van der Waals surface area contributed by atoms with E-state index in [0.717, 1.165) is 10.6 Å². The maximum absolute atomic E-state index is 10.6. The molecule has 0 radical (unpaired) electrons. The first-order valence-corrected chi connectivity index (χ1v) is 8.12. The van der Waals surface area contributed by atoms with Crippen LogP contribution in [0.2, 0.25) is 5.02 Å². The van der Waals surface area contributed by atoms with E-state index in [1.54, 1.807) is 0 Å². The van der Waals surface area contributed by atoms with E-state index in [9.17, 15) is 5.11 Å². The summed E-state index contributed by atoms with van der Waals surface area (Å²) < 4.78 is 5.86. The maximum Gasteiger partial charge on any atom is 0.0865 e. The molecule has 2 nitrogen and oxygen atoms in total. The minimum absolute atomic E-state index is 0.0315. The SMILES string of the molecule is CCOC(C(O)Cc1ccc(Cl)cc1)C1CCCCC1. The second kappa shape index (κ2) is 8.02. The van der Waals surface area contributed by atoms with Crippen LogP contribution in [0.25, 0.3) is 0 Å². The van der Waals surface area contributed by atoms with Gasteiger partial charge in [0.05, 0.1) is 12.2 Å². The summed E-state index contributed by atoms with van der Waals surface area (Å²) in [6, 6.07) is 7.71. The Kier molecular flexibility index (Phi) is 6.34. The van der Waals surface area contributed by atoms with E-state index in [1.807, 2.05) is 31.2 Å². The highest BCUT2D eigenvalue weighted by Gasteiger charge is 2.30. The topological polar surface area (TPSA) is 29.5 Å². The highest BCUT2D eigenvalue weighted by atomic mass is 35.5. The predicted octanol–water partition coefficient (Wildman–Crippen LogP) is 4.23. The molecular weight excluding hydrogens is 272 g/mol. The Bertz CT molecular complexity index is 384. The van der Waals surface area contributed by atoms with Crippen LogP contribution in [0.5, 0.6) is 0 Å². The molecular formula is C17H25ClO2. The fraction of sp³-hybridized carbons (Fsp3) is 0.647. The van der Waals surface area contributed by atoms with Crippen molar-refractivity contribution in [2.75, 3.05) is 6.61 Å². The Labute approximate surface area is 127 Å². The zero-order chi connectivity index (χ0) is 14.4. The third-order valence-electron chi connectivity index (χ3n) is 4.21. The molecule has 2 atom stereocenters. The Morgan fingerprint density at radius 1 is 1.20 bits per heavy atom. The largest absolute Gasteiger partial charge is 0.390 e. The number of ether oxygens (including phenoxy) is 1. The lowest BCUT2D eigenvalue weighted by Crippen LogP contribution is -2.38. The standard InChI is InChI=1S/C17H25ClO2/c1-2-20-17(14-6-4-3-5-7-14)16(19)12-13-8-10-15(18)11-9-13/h8-11,14,16-17,19H,2-7,12H2,1H3. The molecule has 1 aromatic rings. The summed E-state index contributed by atoms with van der Waals surface area (Å²) in [5, 5.41) is 11.3. The normalized spacial score (nSPS) is 19.8. The third kappa shape index (κ3) is 4.47. The number of hydrogen-bond donors (Lipinski definition) is 1. The van der Waals surface area contributed by atoms with E-state index in [-0.39, 0.29) is 6.10 Å². The minimum atomic E-state index is -0.431. The van der Waals surface area contributed by atoms with Gasteiger partial charge in [-0.15, -0.1) is 0 Å². The predicted molar refractivity (Wildman–Crippen MR) is 83.2 cm³/mol. The van der Waals surface area contributed by atoms with Gasteiger partial charge >= 0.3 is 0 Å². The van der Waals surface area contributed by atoms with Crippen LogP contribution in [0.15, 0.2) is 24.3 Å².